The van der Waals surface area contributed by atoms with Crippen LogP contribution in [0, 0.1) is 0 Å². The summed E-state index contributed by atoms with van der Waals surface area (Å²) >= 11 is 0. The minimum Gasteiger partial charge on any atom is -0.509 e. The lowest BCUT2D eigenvalue weighted by molar-refractivity contribution is 0.268. The minimum atomic E-state index is 0.384. The SMILES string of the molecule is OC1=CN(Cc2ccc3c(ccc4c5ccccc5ccc34)c2)CNC1. The van der Waals surface area contributed by atoms with E-state index in [0.717, 1.165) is 13.2 Å². The van der Waals surface area contributed by atoms with E-state index in [0.29, 0.717) is 12.3 Å². The fourth-order valence-corrected chi connectivity index (χ4v) is 3.94. The summed E-state index contributed by atoms with van der Waals surface area (Å²) in [6.07, 6.45) is 1.83. The van der Waals surface area contributed by atoms with Gasteiger partial charge < -0.3 is 10.0 Å². The molecule has 0 unspecified atom stereocenters. The summed E-state index contributed by atoms with van der Waals surface area (Å²) in [4.78, 5) is 2.09. The van der Waals surface area contributed by atoms with Gasteiger partial charge in [0.25, 0.3) is 0 Å². The zero-order valence-corrected chi connectivity index (χ0v) is 14.4. The van der Waals surface area contributed by atoms with Crippen LogP contribution in [-0.4, -0.2) is 23.2 Å². The molecule has 0 aromatic heterocycles. The van der Waals surface area contributed by atoms with Gasteiger partial charge in [-0.1, -0.05) is 60.7 Å². The van der Waals surface area contributed by atoms with Gasteiger partial charge in [0.05, 0.1) is 13.2 Å². The van der Waals surface area contributed by atoms with Gasteiger partial charge >= 0.3 is 0 Å². The van der Waals surface area contributed by atoms with Crippen LogP contribution in [0.5, 0.6) is 0 Å². The summed E-state index contributed by atoms with van der Waals surface area (Å²) in [5, 5.41) is 20.6. The Bertz CT molecular complexity index is 1160. The molecule has 2 N–H and O–H groups in total. The molecule has 0 bridgehead atoms. The largest absolute Gasteiger partial charge is 0.509 e. The van der Waals surface area contributed by atoms with Crippen molar-refractivity contribution >= 4 is 32.3 Å². The molecule has 0 saturated carbocycles. The van der Waals surface area contributed by atoms with Gasteiger partial charge in [0.2, 0.25) is 0 Å². The van der Waals surface area contributed by atoms with Crippen molar-refractivity contribution in [3.8, 4) is 0 Å². The summed E-state index contributed by atoms with van der Waals surface area (Å²) in [6.45, 7) is 2.09. The highest BCUT2D eigenvalue weighted by Crippen LogP contribution is 2.31. The molecule has 4 aromatic carbocycles. The van der Waals surface area contributed by atoms with Crippen molar-refractivity contribution in [2.24, 2.45) is 0 Å². The van der Waals surface area contributed by atoms with E-state index in [9.17, 15) is 5.11 Å². The van der Waals surface area contributed by atoms with Gasteiger partial charge in [-0.2, -0.15) is 0 Å². The van der Waals surface area contributed by atoms with E-state index in [-0.39, 0.29) is 0 Å². The van der Waals surface area contributed by atoms with Gasteiger partial charge in [-0.25, -0.2) is 0 Å². The molecule has 3 nitrogen and oxygen atoms in total. The van der Waals surface area contributed by atoms with Crippen molar-refractivity contribution in [2.45, 2.75) is 6.54 Å². The quantitative estimate of drug-likeness (QED) is 0.509. The molecule has 3 heteroatoms. The van der Waals surface area contributed by atoms with Crippen molar-refractivity contribution < 1.29 is 5.11 Å². The maximum atomic E-state index is 9.69. The van der Waals surface area contributed by atoms with E-state index >= 15 is 0 Å². The second-order valence-corrected chi connectivity index (χ2v) is 6.96. The second kappa shape index (κ2) is 6.04. The van der Waals surface area contributed by atoms with Crippen molar-refractivity contribution in [1.82, 2.24) is 10.2 Å². The first-order valence-electron chi connectivity index (χ1n) is 8.95. The molecule has 1 heterocycles. The van der Waals surface area contributed by atoms with Crippen molar-refractivity contribution in [3.63, 3.8) is 0 Å². The molecule has 1 aliphatic rings. The normalized spacial score (nSPS) is 14.9. The molecule has 1 aliphatic heterocycles. The average molecular weight is 340 g/mol. The number of aliphatic hydroxyl groups is 1. The molecule has 0 aliphatic carbocycles. The maximum absolute atomic E-state index is 9.69. The van der Waals surface area contributed by atoms with Gasteiger partial charge in [0.1, 0.15) is 5.76 Å². The van der Waals surface area contributed by atoms with Gasteiger partial charge in [-0.05, 0) is 43.9 Å². The van der Waals surface area contributed by atoms with Crippen LogP contribution in [0.3, 0.4) is 0 Å². The standard InChI is InChI=1S/C23H20N2O/c26-19-12-24-15-25(14-19)13-16-5-8-21-18(11-16)7-10-22-20-4-2-1-3-17(20)6-9-23(21)22/h1-11,14,24,26H,12-13,15H2. The number of hydrogen-bond acceptors (Lipinski definition) is 3. The number of nitrogens with one attached hydrogen (secondary N) is 1. The molecule has 0 saturated heterocycles. The molecule has 128 valence electrons. The van der Waals surface area contributed by atoms with Crippen LogP contribution in [0.15, 0.2) is 78.7 Å². The van der Waals surface area contributed by atoms with E-state index in [4.69, 9.17) is 0 Å². The first kappa shape index (κ1) is 15.2. The lowest BCUT2D eigenvalue weighted by Gasteiger charge is -2.25. The summed E-state index contributed by atoms with van der Waals surface area (Å²) in [7, 11) is 0. The third-order valence-electron chi connectivity index (χ3n) is 5.14. The Morgan fingerprint density at radius 2 is 1.54 bits per heavy atom. The fourth-order valence-electron chi connectivity index (χ4n) is 3.94. The summed E-state index contributed by atoms with van der Waals surface area (Å²) in [5.74, 6) is 0.384. The lowest BCUT2D eigenvalue weighted by atomic mass is 9.96. The number of fused-ring (bicyclic) bond motifs is 5. The molecular formula is C23H20N2O. The van der Waals surface area contributed by atoms with E-state index in [1.54, 1.807) is 0 Å². The third kappa shape index (κ3) is 2.57. The topological polar surface area (TPSA) is 35.5 Å². The van der Waals surface area contributed by atoms with Crippen molar-refractivity contribution in [3.05, 3.63) is 84.3 Å². The molecule has 0 amide bonds. The van der Waals surface area contributed by atoms with Gasteiger partial charge in [0, 0.05) is 12.7 Å². The molecule has 0 radical (unpaired) electrons. The fraction of sp³-hybridized carbons (Fsp3) is 0.130. The van der Waals surface area contributed by atoms with Crippen LogP contribution < -0.4 is 5.32 Å². The van der Waals surface area contributed by atoms with Crippen LogP contribution in [0.4, 0.5) is 0 Å². The number of aliphatic hydroxyl groups excluding tert-OH is 1. The Kier molecular flexibility index (Phi) is 3.54. The Balaban J connectivity index is 1.60. The van der Waals surface area contributed by atoms with Gasteiger partial charge in [-0.3, -0.25) is 5.32 Å². The molecule has 0 fully saturated rings. The number of nitrogens with zero attached hydrogens (tertiary/aromatic N) is 1. The zero-order chi connectivity index (χ0) is 17.5. The number of hydrogen-bond donors (Lipinski definition) is 2. The van der Waals surface area contributed by atoms with E-state index in [1.165, 1.54) is 37.9 Å². The first-order valence-corrected chi connectivity index (χ1v) is 8.95. The Morgan fingerprint density at radius 1 is 0.808 bits per heavy atom. The van der Waals surface area contributed by atoms with E-state index in [2.05, 4.69) is 76.9 Å². The highest BCUT2D eigenvalue weighted by atomic mass is 16.3. The van der Waals surface area contributed by atoms with Crippen LogP contribution in [0.2, 0.25) is 0 Å². The minimum absolute atomic E-state index is 0.384. The number of rotatable bonds is 2. The molecule has 26 heavy (non-hydrogen) atoms. The molecule has 0 atom stereocenters. The van der Waals surface area contributed by atoms with Crippen molar-refractivity contribution in [2.75, 3.05) is 13.2 Å². The molecule has 0 spiro atoms. The molecule has 5 rings (SSSR count). The summed E-state index contributed by atoms with van der Waals surface area (Å²) in [6, 6.07) is 24.1. The predicted molar refractivity (Wildman–Crippen MR) is 108 cm³/mol. The smallest absolute Gasteiger partial charge is 0.122 e. The highest BCUT2D eigenvalue weighted by Gasteiger charge is 2.10. The average Bonchev–Trinajstić information content (AvgIpc) is 2.67. The van der Waals surface area contributed by atoms with Gasteiger partial charge in [0.15, 0.2) is 0 Å². The Labute approximate surface area is 152 Å². The third-order valence-corrected chi connectivity index (χ3v) is 5.14. The second-order valence-electron chi connectivity index (χ2n) is 6.96. The van der Waals surface area contributed by atoms with Gasteiger partial charge in [-0.15, -0.1) is 0 Å². The van der Waals surface area contributed by atoms with Crippen molar-refractivity contribution in [1.29, 1.82) is 0 Å². The van der Waals surface area contributed by atoms with Crippen LogP contribution in [-0.2, 0) is 6.54 Å². The predicted octanol–water partition coefficient (Wildman–Crippen LogP) is 4.91. The molecular weight excluding hydrogens is 320 g/mol. The summed E-state index contributed by atoms with van der Waals surface area (Å²) in [5.41, 5.74) is 1.24. The monoisotopic (exact) mass is 340 g/mol. The lowest BCUT2D eigenvalue weighted by Crippen LogP contribution is -2.36. The highest BCUT2D eigenvalue weighted by molar-refractivity contribution is 6.17. The van der Waals surface area contributed by atoms with E-state index in [1.807, 2.05) is 6.20 Å². The molecule has 4 aromatic rings. The van der Waals surface area contributed by atoms with Crippen LogP contribution in [0.1, 0.15) is 5.56 Å². The number of benzene rings is 4. The first-order chi connectivity index (χ1) is 12.8. The Morgan fingerprint density at radius 3 is 2.38 bits per heavy atom. The Hall–Kier alpha value is -3.04. The van der Waals surface area contributed by atoms with E-state index < -0.39 is 0 Å². The zero-order valence-electron chi connectivity index (χ0n) is 14.4. The summed E-state index contributed by atoms with van der Waals surface area (Å²) < 4.78 is 0. The maximum Gasteiger partial charge on any atom is 0.122 e. The van der Waals surface area contributed by atoms with Crippen LogP contribution >= 0.6 is 0 Å². The van der Waals surface area contributed by atoms with Crippen LogP contribution in [0.25, 0.3) is 32.3 Å².